The zero-order chi connectivity index (χ0) is 18.5. The van der Waals surface area contributed by atoms with Gasteiger partial charge in [-0.05, 0) is 42.5 Å². The molecule has 26 heavy (non-hydrogen) atoms. The first kappa shape index (κ1) is 17.7. The van der Waals surface area contributed by atoms with E-state index in [0.717, 1.165) is 0 Å². The Kier molecular flexibility index (Phi) is 5.34. The third-order valence-corrected chi connectivity index (χ3v) is 3.82. The van der Waals surface area contributed by atoms with Gasteiger partial charge in [-0.3, -0.25) is 0 Å². The molecule has 0 radical (unpaired) electrons. The SMILES string of the molecule is COc1ccc(OC)c(-c2ccc(OC(=O)c3cccc(Cl)c3)nn2)c1. The van der Waals surface area contributed by atoms with Gasteiger partial charge in [0, 0.05) is 16.7 Å². The van der Waals surface area contributed by atoms with Crippen LogP contribution in [0.3, 0.4) is 0 Å². The summed E-state index contributed by atoms with van der Waals surface area (Å²) in [5, 5.41) is 8.51. The molecule has 1 heterocycles. The molecule has 0 spiro atoms. The minimum Gasteiger partial charge on any atom is -0.497 e. The van der Waals surface area contributed by atoms with Gasteiger partial charge in [0.15, 0.2) is 0 Å². The maximum absolute atomic E-state index is 12.1. The van der Waals surface area contributed by atoms with E-state index in [1.807, 2.05) is 0 Å². The minimum atomic E-state index is -0.562. The molecule has 1 aromatic heterocycles. The fourth-order valence-electron chi connectivity index (χ4n) is 2.30. The number of hydrogen-bond acceptors (Lipinski definition) is 6. The van der Waals surface area contributed by atoms with Crippen molar-refractivity contribution in [2.24, 2.45) is 0 Å². The normalized spacial score (nSPS) is 10.3. The molecule has 0 N–H and O–H groups in total. The van der Waals surface area contributed by atoms with Crippen molar-refractivity contribution in [3.05, 3.63) is 65.2 Å². The first-order valence-corrected chi connectivity index (χ1v) is 8.02. The minimum absolute atomic E-state index is 0.0839. The van der Waals surface area contributed by atoms with Crippen LogP contribution in [0, 0.1) is 0 Å². The molecular formula is C19H15ClN2O4. The van der Waals surface area contributed by atoms with E-state index in [9.17, 15) is 4.79 Å². The van der Waals surface area contributed by atoms with Crippen molar-refractivity contribution in [3.8, 4) is 28.6 Å². The number of ether oxygens (including phenoxy) is 3. The predicted molar refractivity (Wildman–Crippen MR) is 97.0 cm³/mol. The van der Waals surface area contributed by atoms with E-state index in [0.29, 0.717) is 33.3 Å². The van der Waals surface area contributed by atoms with Gasteiger partial charge in [0.05, 0.1) is 25.5 Å². The van der Waals surface area contributed by atoms with Crippen molar-refractivity contribution in [1.29, 1.82) is 0 Å². The standard InChI is InChI=1S/C19H15ClN2O4/c1-24-14-6-8-17(25-2)15(11-14)16-7-9-18(22-21-16)26-19(23)12-4-3-5-13(20)10-12/h3-11H,1-2H3. The van der Waals surface area contributed by atoms with Crippen molar-refractivity contribution in [2.45, 2.75) is 0 Å². The Balaban J connectivity index is 1.82. The molecule has 2 aromatic carbocycles. The average molecular weight is 371 g/mol. The Morgan fingerprint density at radius 3 is 2.46 bits per heavy atom. The topological polar surface area (TPSA) is 70.5 Å². The molecular weight excluding hydrogens is 356 g/mol. The average Bonchev–Trinajstić information content (AvgIpc) is 2.68. The van der Waals surface area contributed by atoms with Crippen molar-refractivity contribution in [1.82, 2.24) is 10.2 Å². The molecule has 3 rings (SSSR count). The Bertz CT molecular complexity index is 929. The first-order chi connectivity index (χ1) is 12.6. The highest BCUT2D eigenvalue weighted by Crippen LogP contribution is 2.32. The second-order valence-corrected chi connectivity index (χ2v) is 5.66. The molecule has 0 saturated heterocycles. The van der Waals surface area contributed by atoms with Gasteiger partial charge in [-0.2, -0.15) is 0 Å². The molecule has 0 unspecified atom stereocenters. The molecule has 132 valence electrons. The van der Waals surface area contributed by atoms with Crippen LogP contribution in [-0.2, 0) is 0 Å². The number of esters is 1. The molecule has 0 bridgehead atoms. The Labute approximate surface area is 155 Å². The lowest BCUT2D eigenvalue weighted by Crippen LogP contribution is -2.09. The summed E-state index contributed by atoms with van der Waals surface area (Å²) < 4.78 is 15.8. The number of nitrogens with zero attached hydrogens (tertiary/aromatic N) is 2. The third-order valence-electron chi connectivity index (χ3n) is 3.58. The van der Waals surface area contributed by atoms with Crippen molar-refractivity contribution < 1.29 is 19.0 Å². The number of halogens is 1. The van der Waals surface area contributed by atoms with Crippen LogP contribution < -0.4 is 14.2 Å². The second kappa shape index (κ2) is 7.84. The highest BCUT2D eigenvalue weighted by Gasteiger charge is 2.13. The van der Waals surface area contributed by atoms with Crippen molar-refractivity contribution >= 4 is 17.6 Å². The van der Waals surface area contributed by atoms with Gasteiger partial charge in [0.2, 0.25) is 5.88 Å². The molecule has 0 atom stereocenters. The maximum Gasteiger partial charge on any atom is 0.344 e. The molecule has 0 aliphatic carbocycles. The van der Waals surface area contributed by atoms with Gasteiger partial charge >= 0.3 is 5.97 Å². The number of benzene rings is 2. The van der Waals surface area contributed by atoms with Gasteiger partial charge in [0.25, 0.3) is 0 Å². The van der Waals surface area contributed by atoms with Gasteiger partial charge in [-0.25, -0.2) is 4.79 Å². The Morgan fingerprint density at radius 2 is 1.81 bits per heavy atom. The van der Waals surface area contributed by atoms with E-state index in [4.69, 9.17) is 25.8 Å². The second-order valence-electron chi connectivity index (χ2n) is 5.22. The smallest absolute Gasteiger partial charge is 0.344 e. The van der Waals surface area contributed by atoms with Crippen molar-refractivity contribution in [2.75, 3.05) is 14.2 Å². The quantitative estimate of drug-likeness (QED) is 0.631. The maximum atomic E-state index is 12.1. The van der Waals surface area contributed by atoms with E-state index in [1.54, 1.807) is 62.8 Å². The molecule has 0 saturated carbocycles. The molecule has 0 amide bonds. The summed E-state index contributed by atoms with van der Waals surface area (Å²) >= 11 is 5.88. The molecule has 0 aliphatic heterocycles. The number of hydrogen-bond donors (Lipinski definition) is 0. The Hall–Kier alpha value is -3.12. The van der Waals surface area contributed by atoms with E-state index in [2.05, 4.69) is 10.2 Å². The van der Waals surface area contributed by atoms with Crippen LogP contribution in [0.4, 0.5) is 0 Å². The number of carbonyl (C=O) groups is 1. The van der Waals surface area contributed by atoms with Gasteiger partial charge < -0.3 is 14.2 Å². The first-order valence-electron chi connectivity index (χ1n) is 7.64. The molecule has 7 heteroatoms. The summed E-state index contributed by atoms with van der Waals surface area (Å²) in [4.78, 5) is 12.1. The summed E-state index contributed by atoms with van der Waals surface area (Å²) in [5.74, 6) is 0.817. The summed E-state index contributed by atoms with van der Waals surface area (Å²) in [6.07, 6.45) is 0. The lowest BCUT2D eigenvalue weighted by molar-refractivity contribution is 0.0726. The van der Waals surface area contributed by atoms with E-state index < -0.39 is 5.97 Å². The third kappa shape index (κ3) is 3.92. The summed E-state index contributed by atoms with van der Waals surface area (Å²) in [7, 11) is 3.15. The summed E-state index contributed by atoms with van der Waals surface area (Å²) in [6.45, 7) is 0. The molecule has 0 aliphatic rings. The van der Waals surface area contributed by atoms with E-state index in [1.165, 1.54) is 6.07 Å². The van der Waals surface area contributed by atoms with Crippen LogP contribution >= 0.6 is 11.6 Å². The van der Waals surface area contributed by atoms with Crippen LogP contribution in [0.2, 0.25) is 5.02 Å². The molecule has 0 fully saturated rings. The van der Waals surface area contributed by atoms with Gasteiger partial charge in [0.1, 0.15) is 11.5 Å². The number of carbonyl (C=O) groups excluding carboxylic acids is 1. The summed E-state index contributed by atoms with van der Waals surface area (Å²) in [5.41, 5.74) is 1.60. The summed E-state index contributed by atoms with van der Waals surface area (Å²) in [6, 6.07) is 15.1. The van der Waals surface area contributed by atoms with Crippen LogP contribution in [0.5, 0.6) is 17.4 Å². The fraction of sp³-hybridized carbons (Fsp3) is 0.105. The fourth-order valence-corrected chi connectivity index (χ4v) is 2.49. The lowest BCUT2D eigenvalue weighted by Gasteiger charge is -2.10. The largest absolute Gasteiger partial charge is 0.497 e. The van der Waals surface area contributed by atoms with Crippen LogP contribution in [0.1, 0.15) is 10.4 Å². The van der Waals surface area contributed by atoms with Crippen LogP contribution in [0.15, 0.2) is 54.6 Å². The zero-order valence-corrected chi connectivity index (χ0v) is 14.9. The van der Waals surface area contributed by atoms with Crippen molar-refractivity contribution in [3.63, 3.8) is 0 Å². The van der Waals surface area contributed by atoms with Crippen LogP contribution in [-0.4, -0.2) is 30.4 Å². The van der Waals surface area contributed by atoms with Gasteiger partial charge in [-0.1, -0.05) is 17.7 Å². The predicted octanol–water partition coefficient (Wildman–Crippen LogP) is 4.03. The number of rotatable bonds is 5. The zero-order valence-electron chi connectivity index (χ0n) is 14.1. The monoisotopic (exact) mass is 370 g/mol. The van der Waals surface area contributed by atoms with E-state index in [-0.39, 0.29) is 5.88 Å². The number of aromatic nitrogens is 2. The van der Waals surface area contributed by atoms with E-state index >= 15 is 0 Å². The molecule has 6 nitrogen and oxygen atoms in total. The highest BCUT2D eigenvalue weighted by atomic mass is 35.5. The van der Waals surface area contributed by atoms with Crippen LogP contribution in [0.25, 0.3) is 11.3 Å². The molecule has 3 aromatic rings. The van der Waals surface area contributed by atoms with Gasteiger partial charge in [-0.15, -0.1) is 10.2 Å². The highest BCUT2D eigenvalue weighted by molar-refractivity contribution is 6.30. The number of methoxy groups -OCH3 is 2. The lowest BCUT2D eigenvalue weighted by atomic mass is 10.1. The Morgan fingerprint density at radius 1 is 0.962 bits per heavy atom.